The highest BCUT2D eigenvalue weighted by Gasteiger charge is 2.10. The third kappa shape index (κ3) is 8.03. The molecule has 0 amide bonds. The normalized spacial score (nSPS) is 12.0. The monoisotopic (exact) mass is 443 g/mol. The summed E-state index contributed by atoms with van der Waals surface area (Å²) in [6.07, 6.45) is 13.3. The summed E-state index contributed by atoms with van der Waals surface area (Å²) in [6, 6.07) is 21.8. The first-order valence-corrected chi connectivity index (χ1v) is 13.0. The maximum atomic E-state index is 5.91. The van der Waals surface area contributed by atoms with Crippen LogP contribution in [0.2, 0.25) is 0 Å². The Hall–Kier alpha value is -2.61. The van der Waals surface area contributed by atoms with E-state index in [1.807, 2.05) is 0 Å². The highest BCUT2D eigenvalue weighted by atomic mass is 16.5. The molecule has 0 aliphatic heterocycles. The van der Waals surface area contributed by atoms with Crippen LogP contribution in [0, 0.1) is 0 Å². The SMILES string of the molecule is CCCCCCCOc1ccc(-c2ccc(C(C)c3ccc(CCCCC)cn3)cc2)cc1. The highest BCUT2D eigenvalue weighted by Crippen LogP contribution is 2.27. The van der Waals surface area contributed by atoms with E-state index in [9.17, 15) is 0 Å². The fraction of sp³-hybridized carbons (Fsp3) is 0.452. The summed E-state index contributed by atoms with van der Waals surface area (Å²) >= 11 is 0. The molecule has 2 aromatic carbocycles. The molecule has 0 spiro atoms. The molecule has 2 nitrogen and oxygen atoms in total. The molecule has 2 heteroatoms. The van der Waals surface area contributed by atoms with E-state index in [0.717, 1.165) is 30.9 Å². The van der Waals surface area contributed by atoms with Crippen LogP contribution in [-0.4, -0.2) is 11.6 Å². The molecule has 1 atom stereocenters. The molecular weight excluding hydrogens is 402 g/mol. The van der Waals surface area contributed by atoms with Crippen LogP contribution in [0.3, 0.4) is 0 Å². The van der Waals surface area contributed by atoms with Crippen LogP contribution in [0.4, 0.5) is 0 Å². The smallest absolute Gasteiger partial charge is 0.119 e. The Morgan fingerprint density at radius 1 is 0.697 bits per heavy atom. The number of hydrogen-bond donors (Lipinski definition) is 0. The zero-order chi connectivity index (χ0) is 23.3. The minimum Gasteiger partial charge on any atom is -0.494 e. The van der Waals surface area contributed by atoms with Gasteiger partial charge in [-0.15, -0.1) is 0 Å². The number of ether oxygens (including phenoxy) is 1. The molecule has 1 unspecified atom stereocenters. The van der Waals surface area contributed by atoms with E-state index in [-0.39, 0.29) is 5.92 Å². The number of aromatic nitrogens is 1. The van der Waals surface area contributed by atoms with Gasteiger partial charge in [-0.25, -0.2) is 0 Å². The number of hydrogen-bond acceptors (Lipinski definition) is 2. The Bertz CT molecular complexity index is 913. The number of nitrogens with zero attached hydrogens (tertiary/aromatic N) is 1. The molecule has 33 heavy (non-hydrogen) atoms. The minimum absolute atomic E-state index is 0.289. The highest BCUT2D eigenvalue weighted by molar-refractivity contribution is 5.64. The van der Waals surface area contributed by atoms with Gasteiger partial charge >= 0.3 is 0 Å². The maximum absolute atomic E-state index is 5.91. The van der Waals surface area contributed by atoms with Crippen LogP contribution in [0.5, 0.6) is 5.75 Å². The molecule has 0 bridgehead atoms. The van der Waals surface area contributed by atoms with Gasteiger partial charge in [0.25, 0.3) is 0 Å². The van der Waals surface area contributed by atoms with Crippen molar-refractivity contribution in [2.75, 3.05) is 6.61 Å². The zero-order valence-corrected chi connectivity index (χ0v) is 20.9. The van der Waals surface area contributed by atoms with Crippen molar-refractivity contribution in [2.24, 2.45) is 0 Å². The molecule has 0 saturated carbocycles. The van der Waals surface area contributed by atoms with Gasteiger partial charge in [0.05, 0.1) is 6.61 Å². The molecule has 176 valence electrons. The number of unbranched alkanes of at least 4 members (excludes halogenated alkanes) is 6. The fourth-order valence-electron chi connectivity index (χ4n) is 4.19. The van der Waals surface area contributed by atoms with Crippen molar-refractivity contribution in [2.45, 2.75) is 84.5 Å². The van der Waals surface area contributed by atoms with Gasteiger partial charge in [-0.2, -0.15) is 0 Å². The van der Waals surface area contributed by atoms with Gasteiger partial charge in [-0.1, -0.05) is 102 Å². The van der Waals surface area contributed by atoms with Crippen LogP contribution >= 0.6 is 0 Å². The second-order valence-corrected chi connectivity index (χ2v) is 9.18. The summed E-state index contributed by atoms with van der Waals surface area (Å²) < 4.78 is 5.91. The van der Waals surface area contributed by atoms with E-state index in [2.05, 4.69) is 87.6 Å². The van der Waals surface area contributed by atoms with E-state index in [1.165, 1.54) is 67.2 Å². The van der Waals surface area contributed by atoms with Gasteiger partial charge in [-0.3, -0.25) is 4.98 Å². The standard InChI is InChI=1S/C31H41NO/c1-4-6-8-9-11-23-33-30-20-18-29(19-21-30)28-16-14-27(15-17-28)25(3)31-22-13-26(24-32-31)12-10-7-5-2/h13-22,24-25H,4-12,23H2,1-3H3. The van der Waals surface area contributed by atoms with Crippen molar-refractivity contribution < 1.29 is 4.74 Å². The Kier molecular flexibility index (Phi) is 10.5. The fourth-order valence-corrected chi connectivity index (χ4v) is 4.19. The van der Waals surface area contributed by atoms with Crippen molar-refractivity contribution in [1.29, 1.82) is 0 Å². The lowest BCUT2D eigenvalue weighted by molar-refractivity contribution is 0.304. The third-order valence-corrected chi connectivity index (χ3v) is 6.48. The minimum atomic E-state index is 0.289. The molecule has 0 aliphatic carbocycles. The summed E-state index contributed by atoms with van der Waals surface area (Å²) in [4.78, 5) is 4.76. The van der Waals surface area contributed by atoms with Gasteiger partial charge < -0.3 is 4.74 Å². The number of rotatable bonds is 14. The van der Waals surface area contributed by atoms with Crippen LogP contribution in [0.1, 0.15) is 94.9 Å². The van der Waals surface area contributed by atoms with E-state index < -0.39 is 0 Å². The lowest BCUT2D eigenvalue weighted by Crippen LogP contribution is -2.00. The van der Waals surface area contributed by atoms with Crippen LogP contribution in [0.15, 0.2) is 66.9 Å². The van der Waals surface area contributed by atoms with Gasteiger partial charge in [0.15, 0.2) is 0 Å². The average molecular weight is 444 g/mol. The second kappa shape index (κ2) is 13.8. The average Bonchev–Trinajstić information content (AvgIpc) is 2.87. The van der Waals surface area contributed by atoms with E-state index in [0.29, 0.717) is 0 Å². The third-order valence-electron chi connectivity index (χ3n) is 6.48. The van der Waals surface area contributed by atoms with Crippen LogP contribution in [-0.2, 0) is 6.42 Å². The Morgan fingerprint density at radius 3 is 1.97 bits per heavy atom. The Balaban J connectivity index is 1.53. The Morgan fingerprint density at radius 2 is 1.33 bits per heavy atom. The summed E-state index contributed by atoms with van der Waals surface area (Å²) in [5, 5.41) is 0. The quantitative estimate of drug-likeness (QED) is 0.232. The summed E-state index contributed by atoms with van der Waals surface area (Å²) in [5.41, 5.74) is 6.24. The summed E-state index contributed by atoms with van der Waals surface area (Å²) in [5.74, 6) is 1.25. The van der Waals surface area contributed by atoms with Gasteiger partial charge in [0, 0.05) is 17.8 Å². The molecule has 1 aromatic heterocycles. The number of pyridine rings is 1. The molecule has 0 radical (unpaired) electrons. The maximum Gasteiger partial charge on any atom is 0.119 e. The van der Waals surface area contributed by atoms with E-state index in [4.69, 9.17) is 9.72 Å². The topological polar surface area (TPSA) is 22.1 Å². The zero-order valence-electron chi connectivity index (χ0n) is 20.9. The molecule has 0 saturated heterocycles. The van der Waals surface area contributed by atoms with Crippen molar-refractivity contribution in [3.8, 4) is 16.9 Å². The van der Waals surface area contributed by atoms with Crippen molar-refractivity contribution in [3.63, 3.8) is 0 Å². The first-order chi connectivity index (χ1) is 16.2. The lowest BCUT2D eigenvalue weighted by Gasteiger charge is -2.13. The molecule has 3 aromatic rings. The van der Waals surface area contributed by atoms with Gasteiger partial charge in [0.2, 0.25) is 0 Å². The van der Waals surface area contributed by atoms with Gasteiger partial charge in [-0.05, 0) is 59.7 Å². The predicted molar refractivity (Wildman–Crippen MR) is 141 cm³/mol. The molecule has 0 N–H and O–H groups in total. The summed E-state index contributed by atoms with van der Waals surface area (Å²) in [6.45, 7) is 7.54. The van der Waals surface area contributed by atoms with Crippen LogP contribution < -0.4 is 4.74 Å². The van der Waals surface area contributed by atoms with Crippen molar-refractivity contribution in [3.05, 3.63) is 83.7 Å². The van der Waals surface area contributed by atoms with Crippen molar-refractivity contribution in [1.82, 2.24) is 4.98 Å². The van der Waals surface area contributed by atoms with Crippen LogP contribution in [0.25, 0.3) is 11.1 Å². The largest absolute Gasteiger partial charge is 0.494 e. The lowest BCUT2D eigenvalue weighted by atomic mass is 9.94. The molecular formula is C31H41NO. The first-order valence-electron chi connectivity index (χ1n) is 13.0. The van der Waals surface area contributed by atoms with E-state index >= 15 is 0 Å². The Labute approximate surface area is 201 Å². The molecule has 0 fully saturated rings. The number of aryl methyl sites for hydroxylation is 1. The van der Waals surface area contributed by atoms with E-state index in [1.54, 1.807) is 0 Å². The molecule has 3 rings (SSSR count). The number of benzene rings is 2. The van der Waals surface area contributed by atoms with Gasteiger partial charge in [0.1, 0.15) is 5.75 Å². The van der Waals surface area contributed by atoms with Crippen molar-refractivity contribution >= 4 is 0 Å². The predicted octanol–water partition coefficient (Wildman–Crippen LogP) is 8.98. The second-order valence-electron chi connectivity index (χ2n) is 9.18. The molecule has 0 aliphatic rings. The molecule has 1 heterocycles. The summed E-state index contributed by atoms with van der Waals surface area (Å²) in [7, 11) is 0. The first kappa shape index (κ1) is 25.0.